The Bertz CT molecular complexity index is 1070. The Balaban J connectivity index is 2.54. The second-order valence-electron chi connectivity index (χ2n) is 9.89. The highest BCUT2D eigenvalue weighted by atomic mass is 16.7. The minimum atomic E-state index is -0.559. The van der Waals surface area contributed by atoms with E-state index in [2.05, 4.69) is 25.9 Å². The van der Waals surface area contributed by atoms with E-state index in [0.29, 0.717) is 24.1 Å². The van der Waals surface area contributed by atoms with Gasteiger partial charge in [0.1, 0.15) is 5.71 Å². The highest BCUT2D eigenvalue weighted by Gasteiger charge is 2.35. The number of aromatic nitrogens is 1. The van der Waals surface area contributed by atoms with E-state index in [4.69, 9.17) is 4.84 Å². The molecule has 1 aromatic carbocycles. The SMILES string of the molecule is CCCCCC/C(=N\OC(C)=O)C(=O)c1cn(CC)c2ccc(C(=O)C(C)(C)C(CC)CC)cc12. The second kappa shape index (κ2) is 12.8. The standard InChI is InChI=1S/C29H42N2O4/c1-8-12-13-14-15-25(30-35-20(5)32)27(33)24-19-31(11-4)26-17-16-21(18-23(24)26)28(34)29(6,7)22(9-2)10-3/h16-19,22H,8-15H2,1-7H3/b30-25+. The summed E-state index contributed by atoms with van der Waals surface area (Å²) in [7, 11) is 0. The third-order valence-corrected chi connectivity index (χ3v) is 7.13. The number of carbonyl (C=O) groups excluding carboxylic acids is 3. The van der Waals surface area contributed by atoms with Crippen molar-refractivity contribution in [2.24, 2.45) is 16.5 Å². The molecule has 0 radical (unpaired) electrons. The van der Waals surface area contributed by atoms with Gasteiger partial charge < -0.3 is 9.40 Å². The fraction of sp³-hybridized carbons (Fsp3) is 0.586. The quantitative estimate of drug-likeness (QED) is 0.0925. The van der Waals surface area contributed by atoms with E-state index in [0.717, 1.165) is 49.4 Å². The van der Waals surface area contributed by atoms with Gasteiger partial charge in [0, 0.05) is 47.1 Å². The molecule has 0 fully saturated rings. The maximum Gasteiger partial charge on any atom is 0.331 e. The third kappa shape index (κ3) is 6.68. The molecule has 0 amide bonds. The fourth-order valence-corrected chi connectivity index (χ4v) is 4.94. The number of rotatable bonds is 14. The van der Waals surface area contributed by atoms with Crippen LogP contribution in [0.15, 0.2) is 29.6 Å². The molecule has 35 heavy (non-hydrogen) atoms. The van der Waals surface area contributed by atoms with Crippen LogP contribution in [0, 0.1) is 11.3 Å². The summed E-state index contributed by atoms with van der Waals surface area (Å²) >= 11 is 0. The van der Waals surface area contributed by atoms with Crippen LogP contribution in [0.1, 0.15) is 114 Å². The first-order chi connectivity index (χ1) is 16.6. The second-order valence-corrected chi connectivity index (χ2v) is 9.89. The highest BCUT2D eigenvalue weighted by molar-refractivity contribution is 6.47. The number of unbranched alkanes of at least 4 members (excludes halogenated alkanes) is 3. The number of carbonyl (C=O) groups is 3. The zero-order valence-electron chi connectivity index (χ0n) is 22.6. The fourth-order valence-electron chi connectivity index (χ4n) is 4.94. The van der Waals surface area contributed by atoms with Crippen molar-refractivity contribution < 1.29 is 19.2 Å². The number of hydrogen-bond donors (Lipinski definition) is 0. The van der Waals surface area contributed by atoms with Crippen molar-refractivity contribution in [1.82, 2.24) is 4.57 Å². The molecule has 1 aromatic heterocycles. The Hall–Kier alpha value is -2.76. The van der Waals surface area contributed by atoms with Gasteiger partial charge in [-0.25, -0.2) is 4.79 Å². The first-order valence-corrected chi connectivity index (χ1v) is 13.1. The average molecular weight is 483 g/mol. The van der Waals surface area contributed by atoms with E-state index in [1.165, 1.54) is 6.92 Å². The molecule has 2 aromatic rings. The number of benzene rings is 1. The number of nitrogens with zero attached hydrogens (tertiary/aromatic N) is 2. The average Bonchev–Trinajstić information content (AvgIpc) is 3.21. The first-order valence-electron chi connectivity index (χ1n) is 13.1. The van der Waals surface area contributed by atoms with Gasteiger partial charge >= 0.3 is 5.97 Å². The molecule has 0 spiro atoms. The minimum Gasteiger partial charge on any atom is -0.347 e. The van der Waals surface area contributed by atoms with Gasteiger partial charge in [0.05, 0.1) is 0 Å². The van der Waals surface area contributed by atoms with Crippen LogP contribution in [-0.4, -0.2) is 27.8 Å². The molecule has 0 aliphatic carbocycles. The Morgan fingerprint density at radius 2 is 1.71 bits per heavy atom. The Morgan fingerprint density at radius 3 is 2.29 bits per heavy atom. The number of aryl methyl sites for hydroxylation is 1. The molecule has 2 rings (SSSR count). The van der Waals surface area contributed by atoms with Crippen molar-refractivity contribution in [3.63, 3.8) is 0 Å². The van der Waals surface area contributed by atoms with Gasteiger partial charge in [-0.3, -0.25) is 9.59 Å². The first kappa shape index (κ1) is 28.5. The normalized spacial score (nSPS) is 12.4. The zero-order chi connectivity index (χ0) is 26.2. The monoisotopic (exact) mass is 482 g/mol. The maximum atomic E-state index is 13.6. The van der Waals surface area contributed by atoms with Crippen molar-refractivity contribution in [1.29, 1.82) is 0 Å². The van der Waals surface area contributed by atoms with Crippen LogP contribution < -0.4 is 0 Å². The van der Waals surface area contributed by atoms with Crippen molar-refractivity contribution in [2.45, 2.75) is 100.0 Å². The molecule has 0 atom stereocenters. The number of fused-ring (bicyclic) bond motifs is 1. The lowest BCUT2D eigenvalue weighted by atomic mass is 9.71. The molecular formula is C29H42N2O4. The topological polar surface area (TPSA) is 77.7 Å². The lowest BCUT2D eigenvalue weighted by Crippen LogP contribution is -2.32. The Morgan fingerprint density at radius 1 is 1.03 bits per heavy atom. The third-order valence-electron chi connectivity index (χ3n) is 7.13. The van der Waals surface area contributed by atoms with E-state index in [1.54, 1.807) is 0 Å². The molecule has 6 heteroatoms. The van der Waals surface area contributed by atoms with Crippen LogP contribution in [0.3, 0.4) is 0 Å². The molecular weight excluding hydrogens is 440 g/mol. The molecule has 1 heterocycles. The Labute approximate surface area is 210 Å². The van der Waals surface area contributed by atoms with Gasteiger partial charge in [0.25, 0.3) is 0 Å². The number of ketones is 2. The number of hydrogen-bond acceptors (Lipinski definition) is 5. The summed E-state index contributed by atoms with van der Waals surface area (Å²) in [6.07, 6.45) is 8.04. The van der Waals surface area contributed by atoms with Crippen molar-refractivity contribution in [2.75, 3.05) is 0 Å². The van der Waals surface area contributed by atoms with E-state index in [9.17, 15) is 14.4 Å². The lowest BCUT2D eigenvalue weighted by molar-refractivity contribution is -0.140. The summed E-state index contributed by atoms with van der Waals surface area (Å²) in [4.78, 5) is 43.4. The predicted molar refractivity (Wildman–Crippen MR) is 142 cm³/mol. The Kier molecular flexibility index (Phi) is 10.4. The molecule has 0 N–H and O–H groups in total. The van der Waals surface area contributed by atoms with Crippen LogP contribution in [0.25, 0.3) is 10.9 Å². The summed E-state index contributed by atoms with van der Waals surface area (Å²) in [5.74, 6) is -0.457. The molecule has 192 valence electrons. The predicted octanol–water partition coefficient (Wildman–Crippen LogP) is 7.38. The van der Waals surface area contributed by atoms with Gasteiger partial charge in [0.2, 0.25) is 5.78 Å². The molecule has 0 saturated carbocycles. The minimum absolute atomic E-state index is 0.0871. The summed E-state index contributed by atoms with van der Waals surface area (Å²) in [6.45, 7) is 14.4. The molecule has 0 aliphatic rings. The van der Waals surface area contributed by atoms with E-state index in [1.807, 2.05) is 49.7 Å². The summed E-state index contributed by atoms with van der Waals surface area (Å²) in [5, 5.41) is 4.65. The van der Waals surface area contributed by atoms with E-state index >= 15 is 0 Å². The van der Waals surface area contributed by atoms with Crippen LogP contribution in [0.4, 0.5) is 0 Å². The largest absolute Gasteiger partial charge is 0.347 e. The highest BCUT2D eigenvalue weighted by Crippen LogP contribution is 2.36. The molecule has 0 aliphatic heterocycles. The van der Waals surface area contributed by atoms with Crippen molar-refractivity contribution in [3.05, 3.63) is 35.5 Å². The van der Waals surface area contributed by atoms with Crippen LogP contribution in [0.2, 0.25) is 0 Å². The summed E-state index contributed by atoms with van der Waals surface area (Å²) in [5.41, 5.74) is 1.72. The molecule has 6 nitrogen and oxygen atoms in total. The van der Waals surface area contributed by atoms with Crippen molar-refractivity contribution >= 4 is 34.2 Å². The van der Waals surface area contributed by atoms with Gasteiger partial charge in [-0.2, -0.15) is 0 Å². The van der Waals surface area contributed by atoms with E-state index in [-0.39, 0.29) is 23.2 Å². The zero-order valence-corrected chi connectivity index (χ0v) is 22.6. The van der Waals surface area contributed by atoms with Gasteiger partial charge in [-0.15, -0.1) is 0 Å². The van der Waals surface area contributed by atoms with E-state index < -0.39 is 11.4 Å². The lowest BCUT2D eigenvalue weighted by Gasteiger charge is -2.31. The molecule has 0 saturated heterocycles. The van der Waals surface area contributed by atoms with Gasteiger partial charge in [-0.1, -0.05) is 71.9 Å². The molecule has 0 unspecified atom stereocenters. The van der Waals surface area contributed by atoms with Gasteiger partial charge in [-0.05, 0) is 43.9 Å². The summed E-state index contributed by atoms with van der Waals surface area (Å²) < 4.78 is 2.00. The number of oxime groups is 1. The van der Waals surface area contributed by atoms with Gasteiger partial charge in [0.15, 0.2) is 5.78 Å². The molecule has 0 bridgehead atoms. The number of Topliss-reactive ketones (excluding diaryl/α,β-unsaturated/α-hetero) is 2. The van der Waals surface area contributed by atoms with Crippen molar-refractivity contribution in [3.8, 4) is 0 Å². The maximum absolute atomic E-state index is 13.6. The summed E-state index contributed by atoms with van der Waals surface area (Å²) in [6, 6.07) is 5.64. The van der Waals surface area contributed by atoms with Crippen LogP contribution in [-0.2, 0) is 16.2 Å². The smallest absolute Gasteiger partial charge is 0.331 e. The van der Waals surface area contributed by atoms with Crippen LogP contribution in [0.5, 0.6) is 0 Å². The van der Waals surface area contributed by atoms with Crippen LogP contribution >= 0.6 is 0 Å².